The minimum Gasteiger partial charge on any atom is -0.463 e. The first kappa shape index (κ1) is 45.5. The summed E-state index contributed by atoms with van der Waals surface area (Å²) in [7, 11) is -4.41. The molecule has 2 atom stereocenters. The van der Waals surface area contributed by atoms with Crippen LogP contribution in [0.4, 0.5) is 0 Å². The minimum atomic E-state index is -4.41. The highest BCUT2D eigenvalue weighted by Crippen LogP contribution is 2.42. The van der Waals surface area contributed by atoms with Crippen molar-refractivity contribution in [3.8, 4) is 0 Å². The second-order valence-corrected chi connectivity index (χ2v) is 14.0. The zero-order chi connectivity index (χ0) is 34.7. The molecular weight excluding hydrogens is 617 g/mol. The number of carbonyl (C=O) groups is 2. The van der Waals surface area contributed by atoms with Crippen molar-refractivity contribution >= 4 is 19.7 Å². The van der Waals surface area contributed by atoms with Gasteiger partial charge in [0.1, 0.15) is 12.7 Å². The molecule has 2 unspecified atom stereocenters. The highest BCUT2D eigenvalue weighted by molar-refractivity contribution is 7.47. The number of aliphatic hydroxyl groups is 1. The van der Waals surface area contributed by atoms with E-state index in [4.69, 9.17) is 13.8 Å². The van der Waals surface area contributed by atoms with E-state index in [-0.39, 0.29) is 32.1 Å². The van der Waals surface area contributed by atoms with E-state index >= 15 is 0 Å². The summed E-state index contributed by atoms with van der Waals surface area (Å²) in [4.78, 5) is 33.7. The van der Waals surface area contributed by atoms with Gasteiger partial charge in [0.25, 0.3) is 0 Å². The molecule has 10 heteroatoms. The third kappa shape index (κ3) is 35.6. The van der Waals surface area contributed by atoms with E-state index in [1.165, 1.54) is 70.6 Å². The zero-order valence-corrected chi connectivity index (χ0v) is 30.9. The van der Waals surface area contributed by atoms with Gasteiger partial charge in [-0.3, -0.25) is 18.6 Å². The minimum absolute atomic E-state index is 0.0755. The predicted molar refractivity (Wildman–Crippen MR) is 192 cm³/mol. The molecule has 9 nitrogen and oxygen atoms in total. The van der Waals surface area contributed by atoms with Crippen molar-refractivity contribution in [1.82, 2.24) is 5.32 Å². The molecule has 0 aromatic rings. The summed E-state index contributed by atoms with van der Waals surface area (Å²) in [5, 5.41) is 12.6. The van der Waals surface area contributed by atoms with Gasteiger partial charge in [-0.15, -0.1) is 0 Å². The quantitative estimate of drug-likeness (QED) is 0.0260. The average molecular weight is 688 g/mol. The second kappa shape index (κ2) is 34.4. The molecule has 0 bridgehead atoms. The van der Waals surface area contributed by atoms with Crippen LogP contribution in [0.3, 0.4) is 0 Å². The summed E-state index contributed by atoms with van der Waals surface area (Å²) in [6.45, 7) is 3.46. The van der Waals surface area contributed by atoms with E-state index in [1.54, 1.807) is 0 Å². The Kier molecular flexibility index (Phi) is 33.3. The Hall–Kier alpha value is -1.51. The van der Waals surface area contributed by atoms with E-state index in [2.05, 4.69) is 43.5 Å². The Morgan fingerprint density at radius 1 is 0.660 bits per heavy atom. The van der Waals surface area contributed by atoms with E-state index in [0.717, 1.165) is 70.6 Å². The van der Waals surface area contributed by atoms with Crippen LogP contribution in [0.1, 0.15) is 168 Å². The molecule has 3 N–H and O–H groups in total. The molecule has 0 radical (unpaired) electrons. The molecule has 0 spiro atoms. The number of carbonyl (C=O) groups excluding carboxylic acids is 2. The molecule has 0 aliphatic carbocycles. The van der Waals surface area contributed by atoms with Crippen molar-refractivity contribution in [3.05, 3.63) is 24.3 Å². The first-order valence-electron chi connectivity index (χ1n) is 18.8. The lowest BCUT2D eigenvalue weighted by Gasteiger charge is -2.15. The SMILES string of the molecule is CCC/C=C\C/C=C\CCCCCCCC(=O)NCCOP(=O)(O)OCC(O)COC(=O)CCCCCCCCCCCCCCC. The van der Waals surface area contributed by atoms with Gasteiger partial charge >= 0.3 is 13.8 Å². The standard InChI is InChI=1S/C37H70NO8P/c1-3-5-7-9-11-13-15-17-19-21-23-25-27-29-36(40)38-31-32-45-47(42,43)46-34-35(39)33-44-37(41)30-28-26-24-22-20-18-16-14-12-10-8-6-4-2/h7,9,13,15,35,39H,3-6,8,10-12,14,16-34H2,1-2H3,(H,38,40)(H,42,43)/b9-7-,15-13-. The largest absolute Gasteiger partial charge is 0.472 e. The number of hydrogen-bond acceptors (Lipinski definition) is 7. The second-order valence-electron chi connectivity index (χ2n) is 12.6. The molecule has 0 aromatic heterocycles. The maximum Gasteiger partial charge on any atom is 0.472 e. The number of unbranched alkanes of at least 4 members (excludes halogenated alkanes) is 18. The van der Waals surface area contributed by atoms with Gasteiger partial charge in [0, 0.05) is 19.4 Å². The summed E-state index contributed by atoms with van der Waals surface area (Å²) in [5.74, 6) is -0.530. The van der Waals surface area contributed by atoms with Crippen LogP contribution in [-0.2, 0) is 27.9 Å². The normalized spacial score (nSPS) is 13.7. The molecule has 0 saturated heterocycles. The van der Waals surface area contributed by atoms with Gasteiger partial charge in [-0.25, -0.2) is 4.57 Å². The summed E-state index contributed by atoms with van der Waals surface area (Å²) < 4.78 is 26.7. The average Bonchev–Trinajstić information content (AvgIpc) is 3.05. The summed E-state index contributed by atoms with van der Waals surface area (Å²) >= 11 is 0. The summed E-state index contributed by atoms with van der Waals surface area (Å²) in [6, 6.07) is 0. The first-order chi connectivity index (χ1) is 22.8. The Balaban J connectivity index is 3.64. The van der Waals surface area contributed by atoms with Crippen molar-refractivity contribution in [3.63, 3.8) is 0 Å². The van der Waals surface area contributed by atoms with Crippen LogP contribution in [0.25, 0.3) is 0 Å². The molecule has 0 heterocycles. The van der Waals surface area contributed by atoms with Crippen LogP contribution >= 0.6 is 7.82 Å². The van der Waals surface area contributed by atoms with Crippen molar-refractivity contribution in [2.75, 3.05) is 26.4 Å². The third-order valence-electron chi connectivity index (χ3n) is 7.87. The van der Waals surface area contributed by atoms with Gasteiger partial charge in [0.05, 0.1) is 13.2 Å². The topological polar surface area (TPSA) is 131 Å². The van der Waals surface area contributed by atoms with Crippen molar-refractivity contribution < 1.29 is 37.9 Å². The van der Waals surface area contributed by atoms with Gasteiger partial charge in [-0.1, -0.05) is 141 Å². The van der Waals surface area contributed by atoms with E-state index < -0.39 is 26.5 Å². The lowest BCUT2D eigenvalue weighted by atomic mass is 10.0. The fourth-order valence-corrected chi connectivity index (χ4v) is 5.76. The van der Waals surface area contributed by atoms with Crippen LogP contribution < -0.4 is 5.32 Å². The number of aliphatic hydroxyl groups excluding tert-OH is 1. The van der Waals surface area contributed by atoms with Crippen molar-refractivity contribution in [2.45, 2.75) is 174 Å². The molecule has 0 fully saturated rings. The lowest BCUT2D eigenvalue weighted by molar-refractivity contribution is -0.147. The molecule has 0 aliphatic rings. The highest BCUT2D eigenvalue weighted by Gasteiger charge is 2.23. The van der Waals surface area contributed by atoms with E-state index in [9.17, 15) is 24.2 Å². The van der Waals surface area contributed by atoms with E-state index in [0.29, 0.717) is 6.42 Å². The number of allylic oxidation sites excluding steroid dienone is 4. The molecular formula is C37H70NO8P. The highest BCUT2D eigenvalue weighted by atomic mass is 31.2. The maximum absolute atomic E-state index is 12.0. The number of nitrogens with one attached hydrogen (secondary N) is 1. The van der Waals surface area contributed by atoms with Gasteiger partial charge in [-0.05, 0) is 38.5 Å². The number of phosphoric acid groups is 1. The van der Waals surface area contributed by atoms with Crippen molar-refractivity contribution in [2.24, 2.45) is 0 Å². The Labute approximate surface area is 287 Å². The molecule has 47 heavy (non-hydrogen) atoms. The molecule has 0 rings (SSSR count). The van der Waals surface area contributed by atoms with Gasteiger partial charge < -0.3 is 20.1 Å². The van der Waals surface area contributed by atoms with Crippen LogP contribution in [-0.4, -0.2) is 54.3 Å². The maximum atomic E-state index is 12.0. The number of amides is 1. The summed E-state index contributed by atoms with van der Waals surface area (Å²) in [6.07, 6.45) is 33.9. The first-order valence-corrected chi connectivity index (χ1v) is 20.3. The Bertz CT molecular complexity index is 835. The number of ether oxygens (including phenoxy) is 1. The summed E-state index contributed by atoms with van der Waals surface area (Å²) in [5.41, 5.74) is 0. The molecule has 0 aliphatic heterocycles. The zero-order valence-electron chi connectivity index (χ0n) is 30.0. The predicted octanol–water partition coefficient (Wildman–Crippen LogP) is 9.65. The number of hydrogen-bond donors (Lipinski definition) is 3. The molecule has 0 saturated carbocycles. The fourth-order valence-electron chi connectivity index (χ4n) is 5.01. The lowest BCUT2D eigenvalue weighted by Crippen LogP contribution is -2.27. The number of esters is 1. The smallest absolute Gasteiger partial charge is 0.463 e. The Morgan fingerprint density at radius 2 is 1.19 bits per heavy atom. The van der Waals surface area contributed by atoms with Crippen LogP contribution in [0.5, 0.6) is 0 Å². The van der Waals surface area contributed by atoms with E-state index in [1.807, 2.05) is 0 Å². The Morgan fingerprint density at radius 3 is 1.79 bits per heavy atom. The monoisotopic (exact) mass is 687 g/mol. The van der Waals surface area contributed by atoms with Crippen LogP contribution in [0.2, 0.25) is 0 Å². The third-order valence-corrected chi connectivity index (χ3v) is 8.85. The van der Waals surface area contributed by atoms with Gasteiger partial charge in [0.15, 0.2) is 0 Å². The van der Waals surface area contributed by atoms with Gasteiger partial charge in [0.2, 0.25) is 5.91 Å². The fraction of sp³-hybridized carbons (Fsp3) is 0.838. The molecule has 276 valence electrons. The molecule has 1 amide bonds. The van der Waals surface area contributed by atoms with Crippen LogP contribution in [0.15, 0.2) is 24.3 Å². The van der Waals surface area contributed by atoms with Crippen molar-refractivity contribution in [1.29, 1.82) is 0 Å². The number of rotatable bonds is 35. The number of phosphoric ester groups is 1. The molecule has 0 aromatic carbocycles. The van der Waals surface area contributed by atoms with Crippen LogP contribution in [0, 0.1) is 0 Å². The van der Waals surface area contributed by atoms with Gasteiger partial charge in [-0.2, -0.15) is 0 Å².